The van der Waals surface area contributed by atoms with E-state index in [4.69, 9.17) is 23.8 Å². The Morgan fingerprint density at radius 1 is 1.11 bits per heavy atom. The average Bonchev–Trinajstić information content (AvgIpc) is 2.90. The predicted octanol–water partition coefficient (Wildman–Crippen LogP) is 5.61. The largest absolute Gasteiger partial charge is 0.528 e. The second-order valence-electron chi connectivity index (χ2n) is 10.0. The number of nitrogens with zero attached hydrogens (tertiary/aromatic N) is 3. The maximum absolute atomic E-state index is 12.3. The second-order valence-corrected chi connectivity index (χ2v) is 10.8. The highest BCUT2D eigenvalue weighted by molar-refractivity contribution is 7.98. The van der Waals surface area contributed by atoms with Gasteiger partial charge in [0.15, 0.2) is 5.16 Å². The number of rotatable bonds is 8. The summed E-state index contributed by atoms with van der Waals surface area (Å²) < 4.78 is 23.3. The van der Waals surface area contributed by atoms with Gasteiger partial charge in [0.2, 0.25) is 0 Å². The maximum Gasteiger partial charge on any atom is 0.528 e. The summed E-state index contributed by atoms with van der Waals surface area (Å²) in [6.07, 6.45) is 5.29. The van der Waals surface area contributed by atoms with E-state index in [1.165, 1.54) is 11.8 Å². The van der Waals surface area contributed by atoms with Gasteiger partial charge in [-0.1, -0.05) is 36.0 Å². The molecule has 1 aromatic heterocycles. The van der Waals surface area contributed by atoms with E-state index in [1.807, 2.05) is 49.0 Å². The summed E-state index contributed by atoms with van der Waals surface area (Å²) in [5.74, 6) is 1.50. The summed E-state index contributed by atoms with van der Waals surface area (Å²) in [6, 6.07) is 9.89. The van der Waals surface area contributed by atoms with Gasteiger partial charge < -0.3 is 23.8 Å². The SMILES string of the molecule is COc1cc(COC2CN(OC(=O)OC(C)(C)C)CCC2c2cnc(SC)nc2)c(OC)c2ccccc12. The van der Waals surface area contributed by atoms with Crippen molar-refractivity contribution in [3.05, 3.63) is 53.9 Å². The van der Waals surface area contributed by atoms with Crippen LogP contribution in [0.4, 0.5) is 4.79 Å². The van der Waals surface area contributed by atoms with Gasteiger partial charge in [0.25, 0.3) is 0 Å². The molecule has 0 bridgehead atoms. The Hall–Kier alpha value is -3.08. The van der Waals surface area contributed by atoms with E-state index in [1.54, 1.807) is 40.1 Å². The lowest BCUT2D eigenvalue weighted by Crippen LogP contribution is -2.45. The number of carbonyl (C=O) groups excluding carboxylic acids is 1. The van der Waals surface area contributed by atoms with Crippen molar-refractivity contribution in [1.29, 1.82) is 0 Å². The molecular formula is C28H35N3O6S. The van der Waals surface area contributed by atoms with E-state index in [0.29, 0.717) is 24.7 Å². The van der Waals surface area contributed by atoms with Gasteiger partial charge in [-0.25, -0.2) is 14.8 Å². The molecule has 1 fully saturated rings. The van der Waals surface area contributed by atoms with Crippen molar-refractivity contribution in [2.45, 2.75) is 56.6 Å². The van der Waals surface area contributed by atoms with Crippen molar-refractivity contribution in [2.24, 2.45) is 0 Å². The third-order valence-electron chi connectivity index (χ3n) is 6.28. The number of carbonyl (C=O) groups is 1. The van der Waals surface area contributed by atoms with Crippen LogP contribution in [0.2, 0.25) is 0 Å². The minimum absolute atomic E-state index is 0.0118. The number of piperidine rings is 1. The quantitative estimate of drug-likeness (QED) is 0.203. The van der Waals surface area contributed by atoms with Crippen molar-refractivity contribution < 1.29 is 28.6 Å². The average molecular weight is 542 g/mol. The first kappa shape index (κ1) is 27.9. The molecular weight excluding hydrogens is 506 g/mol. The Kier molecular flexibility index (Phi) is 8.96. The molecule has 10 heteroatoms. The minimum atomic E-state index is -0.733. The molecule has 2 aromatic carbocycles. The van der Waals surface area contributed by atoms with Gasteiger partial charge in [0, 0.05) is 41.2 Å². The summed E-state index contributed by atoms with van der Waals surface area (Å²) in [5, 5.41) is 4.23. The van der Waals surface area contributed by atoms with Crippen molar-refractivity contribution >= 4 is 28.7 Å². The van der Waals surface area contributed by atoms with Crippen molar-refractivity contribution in [3.8, 4) is 11.5 Å². The fraction of sp³-hybridized carbons (Fsp3) is 0.464. The highest BCUT2D eigenvalue weighted by atomic mass is 32.2. The van der Waals surface area contributed by atoms with Gasteiger partial charge >= 0.3 is 6.16 Å². The molecule has 2 heterocycles. The van der Waals surface area contributed by atoms with Crippen LogP contribution in [0.15, 0.2) is 47.9 Å². The summed E-state index contributed by atoms with van der Waals surface area (Å²) in [4.78, 5) is 26.8. The lowest BCUT2D eigenvalue weighted by molar-refractivity contribution is -0.179. The Labute approximate surface area is 227 Å². The van der Waals surface area contributed by atoms with Crippen LogP contribution in [0.3, 0.4) is 0 Å². The van der Waals surface area contributed by atoms with Crippen LogP contribution in [-0.4, -0.2) is 66.5 Å². The first-order valence-electron chi connectivity index (χ1n) is 12.5. The Bertz CT molecular complexity index is 1250. The molecule has 1 saturated heterocycles. The molecule has 38 heavy (non-hydrogen) atoms. The molecule has 0 saturated carbocycles. The Balaban J connectivity index is 1.58. The number of hydroxylamine groups is 2. The van der Waals surface area contributed by atoms with Crippen LogP contribution in [0, 0.1) is 0 Å². The zero-order valence-corrected chi connectivity index (χ0v) is 23.5. The molecule has 3 aromatic rings. The van der Waals surface area contributed by atoms with Gasteiger partial charge in [0.1, 0.15) is 17.1 Å². The smallest absolute Gasteiger partial charge is 0.496 e. The maximum atomic E-state index is 12.3. The molecule has 1 aliphatic rings. The van der Waals surface area contributed by atoms with Crippen molar-refractivity contribution in [1.82, 2.24) is 15.0 Å². The molecule has 0 amide bonds. The van der Waals surface area contributed by atoms with Crippen LogP contribution in [-0.2, 0) is 20.9 Å². The third kappa shape index (κ3) is 6.67. The standard InChI is InChI=1S/C28H35N3O6S/c1-28(2,3)36-27(32)37-31-12-11-20(19-14-29-26(38-6)30-15-19)24(16-31)35-17-18-13-23(33-4)21-9-7-8-10-22(21)25(18)34-5/h7-10,13-15,20,24H,11-12,16-17H2,1-6H3. The predicted molar refractivity (Wildman–Crippen MR) is 146 cm³/mol. The number of thioether (sulfide) groups is 1. The summed E-state index contributed by atoms with van der Waals surface area (Å²) in [6.45, 7) is 6.57. The van der Waals surface area contributed by atoms with Crippen LogP contribution in [0.1, 0.15) is 44.2 Å². The second kappa shape index (κ2) is 12.2. The summed E-state index contributed by atoms with van der Waals surface area (Å²) in [5.41, 5.74) is 1.20. The highest BCUT2D eigenvalue weighted by Crippen LogP contribution is 2.38. The monoisotopic (exact) mass is 541 g/mol. The normalized spacial score (nSPS) is 18.3. The molecule has 4 rings (SSSR count). The molecule has 0 spiro atoms. The van der Waals surface area contributed by atoms with Gasteiger partial charge in [-0.2, -0.15) is 0 Å². The lowest BCUT2D eigenvalue weighted by atomic mass is 9.89. The van der Waals surface area contributed by atoms with E-state index in [-0.39, 0.29) is 18.6 Å². The minimum Gasteiger partial charge on any atom is -0.496 e. The first-order chi connectivity index (χ1) is 18.2. The van der Waals surface area contributed by atoms with Gasteiger partial charge in [-0.3, -0.25) is 0 Å². The molecule has 2 unspecified atom stereocenters. The van der Waals surface area contributed by atoms with Crippen molar-refractivity contribution in [2.75, 3.05) is 33.6 Å². The van der Waals surface area contributed by atoms with Gasteiger partial charge in [0.05, 0.1) is 33.5 Å². The van der Waals surface area contributed by atoms with E-state index in [2.05, 4.69) is 9.97 Å². The van der Waals surface area contributed by atoms with Crippen LogP contribution in [0.25, 0.3) is 10.8 Å². The zero-order chi connectivity index (χ0) is 27.3. The molecule has 0 aliphatic carbocycles. The molecule has 0 N–H and O–H groups in total. The number of fused-ring (bicyclic) bond motifs is 1. The van der Waals surface area contributed by atoms with E-state index in [0.717, 1.165) is 33.4 Å². The molecule has 2 atom stereocenters. The number of aromatic nitrogens is 2. The number of hydrogen-bond acceptors (Lipinski definition) is 10. The van der Waals surface area contributed by atoms with Crippen molar-refractivity contribution in [3.63, 3.8) is 0 Å². The molecule has 1 aliphatic heterocycles. The fourth-order valence-corrected chi connectivity index (χ4v) is 4.92. The third-order valence-corrected chi connectivity index (χ3v) is 6.86. The lowest BCUT2D eigenvalue weighted by Gasteiger charge is -2.37. The Morgan fingerprint density at radius 2 is 1.82 bits per heavy atom. The molecule has 0 radical (unpaired) electrons. The topological polar surface area (TPSA) is 92.2 Å². The number of hydrogen-bond donors (Lipinski definition) is 0. The zero-order valence-electron chi connectivity index (χ0n) is 22.7. The first-order valence-corrected chi connectivity index (χ1v) is 13.7. The number of methoxy groups -OCH3 is 2. The van der Waals surface area contributed by atoms with Crippen LogP contribution < -0.4 is 9.47 Å². The van der Waals surface area contributed by atoms with E-state index < -0.39 is 11.8 Å². The number of ether oxygens (including phenoxy) is 4. The molecule has 9 nitrogen and oxygen atoms in total. The van der Waals surface area contributed by atoms with Gasteiger partial charge in [-0.05, 0) is 45.1 Å². The number of benzene rings is 2. The van der Waals surface area contributed by atoms with Gasteiger partial charge in [-0.15, -0.1) is 5.06 Å². The van der Waals surface area contributed by atoms with E-state index in [9.17, 15) is 4.79 Å². The highest BCUT2D eigenvalue weighted by Gasteiger charge is 2.34. The summed E-state index contributed by atoms with van der Waals surface area (Å²) >= 11 is 1.49. The molecule has 204 valence electrons. The Morgan fingerprint density at radius 3 is 2.45 bits per heavy atom. The fourth-order valence-electron chi connectivity index (χ4n) is 4.60. The van der Waals surface area contributed by atoms with Crippen LogP contribution >= 0.6 is 11.8 Å². The van der Waals surface area contributed by atoms with E-state index >= 15 is 0 Å². The van der Waals surface area contributed by atoms with Crippen LogP contribution in [0.5, 0.6) is 11.5 Å². The summed E-state index contributed by atoms with van der Waals surface area (Å²) in [7, 11) is 3.31.